The molecule has 0 saturated carbocycles. The molecular weight excluding hydrogens is 228 g/mol. The number of likely N-dealkylation sites (tertiary alicyclic amines) is 1. The van der Waals surface area contributed by atoms with Gasteiger partial charge in [0.2, 0.25) is 0 Å². The van der Waals surface area contributed by atoms with Crippen molar-refractivity contribution in [2.24, 2.45) is 0 Å². The van der Waals surface area contributed by atoms with Crippen LogP contribution < -0.4 is 10.5 Å². The molecule has 0 spiro atoms. The number of benzene rings is 1. The zero-order valence-electron chi connectivity index (χ0n) is 10.7. The quantitative estimate of drug-likeness (QED) is 0.777. The molecule has 0 aliphatic carbocycles. The Hall–Kier alpha value is -1.26. The van der Waals surface area contributed by atoms with Crippen molar-refractivity contribution < 1.29 is 9.84 Å². The fourth-order valence-corrected chi connectivity index (χ4v) is 2.45. The van der Waals surface area contributed by atoms with E-state index in [0.29, 0.717) is 12.6 Å². The highest BCUT2D eigenvalue weighted by atomic mass is 16.5. The van der Waals surface area contributed by atoms with Crippen LogP contribution in [0.3, 0.4) is 0 Å². The Morgan fingerprint density at radius 3 is 3.06 bits per heavy atom. The van der Waals surface area contributed by atoms with Crippen LogP contribution in [0.5, 0.6) is 5.75 Å². The third-order valence-corrected chi connectivity index (χ3v) is 3.47. The highest BCUT2D eigenvalue weighted by Gasteiger charge is 2.20. The molecular formula is C14H22N2O2. The highest BCUT2D eigenvalue weighted by Crippen LogP contribution is 2.17. The van der Waals surface area contributed by atoms with Gasteiger partial charge in [-0.05, 0) is 31.5 Å². The fraction of sp³-hybridized carbons (Fsp3) is 0.571. The van der Waals surface area contributed by atoms with Gasteiger partial charge in [0.05, 0.1) is 6.61 Å². The number of nitrogens with two attached hydrogens (primary N) is 1. The summed E-state index contributed by atoms with van der Waals surface area (Å²) in [4.78, 5) is 2.32. The number of ether oxygens (including phenoxy) is 1. The van der Waals surface area contributed by atoms with Crippen LogP contribution in [0.2, 0.25) is 0 Å². The number of hydrogen-bond donors (Lipinski definition) is 2. The van der Waals surface area contributed by atoms with Crippen LogP contribution in [0, 0.1) is 0 Å². The van der Waals surface area contributed by atoms with Gasteiger partial charge >= 0.3 is 0 Å². The molecule has 0 aromatic heterocycles. The van der Waals surface area contributed by atoms with E-state index in [2.05, 4.69) is 4.90 Å². The number of nitrogens with zero attached hydrogens (tertiary/aromatic N) is 1. The van der Waals surface area contributed by atoms with Gasteiger partial charge in [0.25, 0.3) is 0 Å². The summed E-state index contributed by atoms with van der Waals surface area (Å²) in [5.74, 6) is 0.813. The Bertz CT molecular complexity index is 371. The summed E-state index contributed by atoms with van der Waals surface area (Å²) in [6.45, 7) is 2.81. The van der Waals surface area contributed by atoms with Crippen LogP contribution in [0.15, 0.2) is 24.3 Å². The molecule has 4 nitrogen and oxygen atoms in total. The highest BCUT2D eigenvalue weighted by molar-refractivity contribution is 5.43. The lowest BCUT2D eigenvalue weighted by atomic mass is 10.0. The van der Waals surface area contributed by atoms with Crippen LogP contribution in [0.25, 0.3) is 0 Å². The maximum Gasteiger partial charge on any atom is 0.121 e. The van der Waals surface area contributed by atoms with Gasteiger partial charge in [0.1, 0.15) is 12.4 Å². The van der Waals surface area contributed by atoms with Crippen molar-refractivity contribution in [1.82, 2.24) is 4.90 Å². The number of aliphatic hydroxyl groups excluding tert-OH is 1. The molecule has 2 rings (SSSR count). The lowest BCUT2D eigenvalue weighted by molar-refractivity contribution is 0.0773. The first kappa shape index (κ1) is 13.2. The lowest BCUT2D eigenvalue weighted by Crippen LogP contribution is -2.43. The van der Waals surface area contributed by atoms with Crippen LogP contribution in [0.4, 0.5) is 5.69 Å². The van der Waals surface area contributed by atoms with Gasteiger partial charge in [-0.15, -0.1) is 0 Å². The topological polar surface area (TPSA) is 58.7 Å². The maximum absolute atomic E-state index is 9.32. The zero-order chi connectivity index (χ0) is 12.8. The third kappa shape index (κ3) is 3.62. The SMILES string of the molecule is Nc1cccc(OCCN2CCCCC2CO)c1. The van der Waals surface area contributed by atoms with E-state index >= 15 is 0 Å². The lowest BCUT2D eigenvalue weighted by Gasteiger charge is -2.34. The van der Waals surface area contributed by atoms with E-state index in [1.807, 2.05) is 24.3 Å². The molecule has 1 atom stereocenters. The molecule has 1 unspecified atom stereocenters. The first-order chi connectivity index (χ1) is 8.79. The molecule has 1 aliphatic heterocycles. The van der Waals surface area contributed by atoms with Gasteiger partial charge in [-0.3, -0.25) is 4.90 Å². The second-order valence-corrected chi connectivity index (χ2v) is 4.79. The summed E-state index contributed by atoms with van der Waals surface area (Å²) in [7, 11) is 0. The summed E-state index contributed by atoms with van der Waals surface area (Å²) < 4.78 is 5.68. The normalized spacial score (nSPS) is 20.8. The Morgan fingerprint density at radius 2 is 2.28 bits per heavy atom. The summed E-state index contributed by atoms with van der Waals surface area (Å²) in [6.07, 6.45) is 3.53. The van der Waals surface area contributed by atoms with E-state index in [4.69, 9.17) is 10.5 Å². The van der Waals surface area contributed by atoms with Gasteiger partial charge in [0, 0.05) is 24.3 Å². The van der Waals surface area contributed by atoms with E-state index in [-0.39, 0.29) is 6.61 Å². The predicted octanol–water partition coefficient (Wildman–Crippen LogP) is 1.49. The minimum absolute atomic E-state index is 0.248. The van der Waals surface area contributed by atoms with Crippen LogP contribution in [0.1, 0.15) is 19.3 Å². The molecule has 1 fully saturated rings. The minimum Gasteiger partial charge on any atom is -0.492 e. The minimum atomic E-state index is 0.248. The predicted molar refractivity (Wildman–Crippen MR) is 72.6 cm³/mol. The van der Waals surface area contributed by atoms with E-state index < -0.39 is 0 Å². The van der Waals surface area contributed by atoms with Crippen LogP contribution in [-0.2, 0) is 0 Å². The molecule has 1 aromatic rings. The summed E-state index contributed by atoms with van der Waals surface area (Å²) in [6, 6.07) is 7.79. The Morgan fingerprint density at radius 1 is 1.39 bits per heavy atom. The van der Waals surface area contributed by atoms with E-state index in [0.717, 1.165) is 30.9 Å². The smallest absolute Gasteiger partial charge is 0.121 e. The van der Waals surface area contributed by atoms with Crippen molar-refractivity contribution >= 4 is 5.69 Å². The first-order valence-corrected chi connectivity index (χ1v) is 6.63. The van der Waals surface area contributed by atoms with E-state index in [9.17, 15) is 5.11 Å². The third-order valence-electron chi connectivity index (χ3n) is 3.47. The Labute approximate surface area is 108 Å². The number of anilines is 1. The Balaban J connectivity index is 1.77. The molecule has 0 radical (unpaired) electrons. The van der Waals surface area contributed by atoms with Crippen LogP contribution >= 0.6 is 0 Å². The van der Waals surface area contributed by atoms with Crippen molar-refractivity contribution in [3.63, 3.8) is 0 Å². The molecule has 1 aromatic carbocycles. The molecule has 100 valence electrons. The molecule has 3 N–H and O–H groups in total. The number of piperidine rings is 1. The van der Waals surface area contributed by atoms with Crippen molar-refractivity contribution in [1.29, 1.82) is 0 Å². The van der Waals surface area contributed by atoms with Gasteiger partial charge in [-0.1, -0.05) is 12.5 Å². The number of nitrogen functional groups attached to an aromatic ring is 1. The standard InChI is InChI=1S/C14H22N2O2/c15-12-4-3-6-14(10-12)18-9-8-16-7-2-1-5-13(16)11-17/h3-4,6,10,13,17H,1-2,5,7-9,11,15H2. The second kappa shape index (κ2) is 6.61. The monoisotopic (exact) mass is 250 g/mol. The van der Waals surface area contributed by atoms with Crippen molar-refractivity contribution in [3.05, 3.63) is 24.3 Å². The maximum atomic E-state index is 9.32. The zero-order valence-corrected chi connectivity index (χ0v) is 10.7. The van der Waals surface area contributed by atoms with E-state index in [1.165, 1.54) is 12.8 Å². The fourth-order valence-electron chi connectivity index (χ4n) is 2.45. The molecule has 1 saturated heterocycles. The largest absolute Gasteiger partial charge is 0.492 e. The molecule has 1 heterocycles. The van der Waals surface area contributed by atoms with Gasteiger partial charge in [-0.2, -0.15) is 0 Å². The van der Waals surface area contributed by atoms with Crippen molar-refractivity contribution in [2.75, 3.05) is 32.0 Å². The van der Waals surface area contributed by atoms with Gasteiger partial charge < -0.3 is 15.6 Å². The van der Waals surface area contributed by atoms with Crippen LogP contribution in [-0.4, -0.2) is 42.4 Å². The first-order valence-electron chi connectivity index (χ1n) is 6.63. The number of aliphatic hydroxyl groups is 1. The second-order valence-electron chi connectivity index (χ2n) is 4.79. The molecule has 0 amide bonds. The van der Waals surface area contributed by atoms with Gasteiger partial charge in [0.15, 0.2) is 0 Å². The number of rotatable bonds is 5. The summed E-state index contributed by atoms with van der Waals surface area (Å²) >= 11 is 0. The van der Waals surface area contributed by atoms with Crippen molar-refractivity contribution in [3.8, 4) is 5.75 Å². The summed E-state index contributed by atoms with van der Waals surface area (Å²) in [5, 5.41) is 9.32. The van der Waals surface area contributed by atoms with Gasteiger partial charge in [-0.25, -0.2) is 0 Å². The molecule has 4 heteroatoms. The summed E-state index contributed by atoms with van der Waals surface area (Å²) in [5.41, 5.74) is 6.41. The number of hydrogen-bond acceptors (Lipinski definition) is 4. The molecule has 18 heavy (non-hydrogen) atoms. The van der Waals surface area contributed by atoms with Crippen molar-refractivity contribution in [2.45, 2.75) is 25.3 Å². The average Bonchev–Trinajstić information content (AvgIpc) is 2.39. The Kier molecular flexibility index (Phi) is 4.84. The molecule has 1 aliphatic rings. The molecule has 0 bridgehead atoms. The van der Waals surface area contributed by atoms with E-state index in [1.54, 1.807) is 0 Å². The average molecular weight is 250 g/mol.